The van der Waals surface area contributed by atoms with Gasteiger partial charge in [-0.15, -0.1) is 5.10 Å². The summed E-state index contributed by atoms with van der Waals surface area (Å²) in [5, 5.41) is 7.34. The van der Waals surface area contributed by atoms with Gasteiger partial charge in [-0.05, 0) is 24.7 Å². The molecule has 21 heavy (non-hydrogen) atoms. The van der Waals surface area contributed by atoms with Crippen molar-refractivity contribution in [3.05, 3.63) is 52.3 Å². The van der Waals surface area contributed by atoms with E-state index >= 15 is 0 Å². The van der Waals surface area contributed by atoms with Crippen LogP contribution in [0.25, 0.3) is 0 Å². The molecule has 1 atom stereocenters. The highest BCUT2D eigenvalue weighted by Crippen LogP contribution is 2.20. The van der Waals surface area contributed by atoms with Gasteiger partial charge in [0, 0.05) is 12.1 Å². The van der Waals surface area contributed by atoms with Crippen molar-refractivity contribution in [1.29, 1.82) is 0 Å². The van der Waals surface area contributed by atoms with E-state index in [1.807, 2.05) is 31.3 Å². The topological polar surface area (TPSA) is 65.4 Å². The van der Waals surface area contributed by atoms with Crippen LogP contribution in [-0.2, 0) is 6.54 Å². The maximum atomic E-state index is 11.9. The summed E-state index contributed by atoms with van der Waals surface area (Å²) >= 11 is 0. The van der Waals surface area contributed by atoms with Crippen molar-refractivity contribution in [2.24, 2.45) is 0 Å². The lowest BCUT2D eigenvalue weighted by Gasteiger charge is -2.18. The van der Waals surface area contributed by atoms with Gasteiger partial charge in [0.2, 0.25) is 5.88 Å². The highest BCUT2D eigenvalue weighted by molar-refractivity contribution is 5.30. The molecular formula is C15H19N3O3. The van der Waals surface area contributed by atoms with Gasteiger partial charge in [0.25, 0.3) is 5.56 Å². The minimum atomic E-state index is -0.168. The third-order valence-corrected chi connectivity index (χ3v) is 3.25. The summed E-state index contributed by atoms with van der Waals surface area (Å²) in [4.78, 5) is 11.9. The summed E-state index contributed by atoms with van der Waals surface area (Å²) in [6.45, 7) is 0.402. The second-order valence-corrected chi connectivity index (χ2v) is 4.51. The third kappa shape index (κ3) is 3.61. The second kappa shape index (κ2) is 6.90. The Balaban J connectivity index is 2.28. The number of hydrogen-bond acceptors (Lipinski definition) is 5. The molecule has 0 saturated carbocycles. The van der Waals surface area contributed by atoms with E-state index < -0.39 is 0 Å². The van der Waals surface area contributed by atoms with Crippen LogP contribution < -0.4 is 20.3 Å². The van der Waals surface area contributed by atoms with Gasteiger partial charge < -0.3 is 14.8 Å². The number of aromatic nitrogens is 2. The molecule has 0 aliphatic heterocycles. The highest BCUT2D eigenvalue weighted by atomic mass is 16.5. The van der Waals surface area contributed by atoms with Crippen LogP contribution >= 0.6 is 0 Å². The summed E-state index contributed by atoms with van der Waals surface area (Å²) in [5.74, 6) is 1.19. The number of methoxy groups -OCH3 is 2. The van der Waals surface area contributed by atoms with Crippen LogP contribution in [0.3, 0.4) is 0 Å². The number of benzene rings is 1. The Morgan fingerprint density at radius 3 is 2.71 bits per heavy atom. The average Bonchev–Trinajstić information content (AvgIpc) is 2.54. The third-order valence-electron chi connectivity index (χ3n) is 3.25. The predicted octanol–water partition coefficient (Wildman–Crippen LogP) is 1.22. The zero-order valence-electron chi connectivity index (χ0n) is 12.4. The molecule has 0 aliphatic rings. The monoisotopic (exact) mass is 289 g/mol. The fraction of sp³-hybridized carbons (Fsp3) is 0.333. The Labute approximate surface area is 123 Å². The van der Waals surface area contributed by atoms with E-state index in [4.69, 9.17) is 9.47 Å². The van der Waals surface area contributed by atoms with Crippen molar-refractivity contribution in [3.8, 4) is 11.6 Å². The van der Waals surface area contributed by atoms with Crippen LogP contribution in [0.2, 0.25) is 0 Å². The fourth-order valence-corrected chi connectivity index (χ4v) is 2.06. The molecule has 0 saturated heterocycles. The number of hydrogen-bond donors (Lipinski definition) is 1. The van der Waals surface area contributed by atoms with Crippen molar-refractivity contribution in [1.82, 2.24) is 15.1 Å². The lowest BCUT2D eigenvalue weighted by atomic mass is 10.1. The van der Waals surface area contributed by atoms with Gasteiger partial charge in [-0.1, -0.05) is 12.1 Å². The molecule has 2 rings (SSSR count). The minimum Gasteiger partial charge on any atom is -0.497 e. The van der Waals surface area contributed by atoms with Crippen molar-refractivity contribution in [2.45, 2.75) is 12.6 Å². The Morgan fingerprint density at radius 1 is 1.24 bits per heavy atom. The molecular weight excluding hydrogens is 270 g/mol. The first kappa shape index (κ1) is 15.1. The van der Waals surface area contributed by atoms with Crippen molar-refractivity contribution >= 4 is 0 Å². The molecule has 0 radical (unpaired) electrons. The Hall–Kier alpha value is -2.34. The lowest BCUT2D eigenvalue weighted by molar-refractivity contribution is 0.363. The Morgan fingerprint density at radius 2 is 2.05 bits per heavy atom. The molecule has 1 heterocycles. The van der Waals surface area contributed by atoms with Crippen LogP contribution in [0.15, 0.2) is 41.2 Å². The first-order chi connectivity index (χ1) is 10.2. The standard InChI is InChI=1S/C15H19N3O3/c1-16-13(11-5-4-6-12(9-11)20-2)10-18-15(19)8-7-14(17-18)21-3/h4-9,13,16H,10H2,1-3H3. The molecule has 112 valence electrons. The van der Waals surface area contributed by atoms with E-state index in [9.17, 15) is 4.79 Å². The number of nitrogens with zero attached hydrogens (tertiary/aromatic N) is 2. The molecule has 1 aromatic heterocycles. The normalized spacial score (nSPS) is 12.0. The smallest absolute Gasteiger partial charge is 0.267 e. The van der Waals surface area contributed by atoms with E-state index in [0.717, 1.165) is 11.3 Å². The van der Waals surface area contributed by atoms with E-state index in [1.165, 1.54) is 17.9 Å². The van der Waals surface area contributed by atoms with Crippen LogP contribution in [0.1, 0.15) is 11.6 Å². The van der Waals surface area contributed by atoms with E-state index in [1.54, 1.807) is 13.2 Å². The first-order valence-corrected chi connectivity index (χ1v) is 6.61. The number of nitrogens with one attached hydrogen (secondary N) is 1. The maximum Gasteiger partial charge on any atom is 0.267 e. The van der Waals surface area contributed by atoms with Crippen molar-refractivity contribution < 1.29 is 9.47 Å². The van der Waals surface area contributed by atoms with Crippen molar-refractivity contribution in [2.75, 3.05) is 21.3 Å². The quantitative estimate of drug-likeness (QED) is 0.866. The molecule has 2 aromatic rings. The van der Waals surface area contributed by atoms with Crippen LogP contribution in [-0.4, -0.2) is 31.0 Å². The van der Waals surface area contributed by atoms with Crippen molar-refractivity contribution in [3.63, 3.8) is 0 Å². The molecule has 0 aliphatic carbocycles. The molecule has 6 nitrogen and oxygen atoms in total. The highest BCUT2D eigenvalue weighted by Gasteiger charge is 2.13. The summed E-state index contributed by atoms with van der Waals surface area (Å²) in [6, 6.07) is 10.7. The lowest BCUT2D eigenvalue weighted by Crippen LogP contribution is -2.30. The van der Waals surface area contributed by atoms with Gasteiger partial charge in [0.05, 0.1) is 26.8 Å². The number of rotatable bonds is 6. The van der Waals surface area contributed by atoms with Gasteiger partial charge in [0.1, 0.15) is 5.75 Å². The molecule has 0 amide bonds. The summed E-state index contributed by atoms with van der Waals surface area (Å²) in [5.41, 5.74) is 0.854. The molecule has 0 spiro atoms. The summed E-state index contributed by atoms with van der Waals surface area (Å²) in [6.07, 6.45) is 0. The molecule has 1 N–H and O–H groups in total. The average molecular weight is 289 g/mol. The summed E-state index contributed by atoms with van der Waals surface area (Å²) < 4.78 is 11.7. The Kier molecular flexibility index (Phi) is 4.94. The minimum absolute atomic E-state index is 0.0580. The fourth-order valence-electron chi connectivity index (χ4n) is 2.06. The zero-order chi connectivity index (χ0) is 15.2. The largest absolute Gasteiger partial charge is 0.497 e. The van der Waals surface area contributed by atoms with E-state index in [0.29, 0.717) is 12.4 Å². The van der Waals surface area contributed by atoms with Gasteiger partial charge >= 0.3 is 0 Å². The van der Waals surface area contributed by atoms with E-state index in [2.05, 4.69) is 10.4 Å². The molecule has 0 bridgehead atoms. The van der Waals surface area contributed by atoms with Crippen LogP contribution in [0.4, 0.5) is 0 Å². The molecule has 0 fully saturated rings. The van der Waals surface area contributed by atoms with Gasteiger partial charge in [0.15, 0.2) is 0 Å². The van der Waals surface area contributed by atoms with Gasteiger partial charge in [-0.25, -0.2) is 4.68 Å². The van der Waals surface area contributed by atoms with E-state index in [-0.39, 0.29) is 11.6 Å². The molecule has 1 aromatic carbocycles. The summed E-state index contributed by atoms with van der Waals surface area (Å²) in [7, 11) is 4.99. The SMILES string of the molecule is CNC(Cn1nc(OC)ccc1=O)c1cccc(OC)c1. The number of likely N-dealkylation sites (N-methyl/N-ethyl adjacent to an activating group) is 1. The van der Waals surface area contributed by atoms with Gasteiger partial charge in [-0.2, -0.15) is 0 Å². The number of ether oxygens (including phenoxy) is 2. The predicted molar refractivity (Wildman–Crippen MR) is 79.8 cm³/mol. The second-order valence-electron chi connectivity index (χ2n) is 4.51. The zero-order valence-corrected chi connectivity index (χ0v) is 12.4. The molecule has 6 heteroatoms. The maximum absolute atomic E-state index is 11.9. The first-order valence-electron chi connectivity index (χ1n) is 6.61. The Bertz CT molecular complexity index is 655. The van der Waals surface area contributed by atoms with Crippen LogP contribution in [0, 0.1) is 0 Å². The van der Waals surface area contributed by atoms with Crippen LogP contribution in [0.5, 0.6) is 11.6 Å². The van der Waals surface area contributed by atoms with Gasteiger partial charge in [-0.3, -0.25) is 4.79 Å². The molecule has 1 unspecified atom stereocenters.